The fourth-order valence-corrected chi connectivity index (χ4v) is 5.74. The van der Waals surface area contributed by atoms with Crippen LogP contribution in [0.1, 0.15) is 35.7 Å². The zero-order valence-corrected chi connectivity index (χ0v) is 26.5. The van der Waals surface area contributed by atoms with Gasteiger partial charge in [0.05, 0.1) is 19.2 Å². The van der Waals surface area contributed by atoms with Crippen LogP contribution in [-0.4, -0.2) is 36.5 Å². The van der Waals surface area contributed by atoms with Gasteiger partial charge in [-0.3, -0.25) is 9.59 Å². The van der Waals surface area contributed by atoms with E-state index < -0.39 is 52.4 Å². The maximum absolute atomic E-state index is 14.0. The molecule has 0 saturated carbocycles. The van der Waals surface area contributed by atoms with Gasteiger partial charge in [-0.25, -0.2) is 0 Å². The van der Waals surface area contributed by atoms with E-state index in [0.717, 1.165) is 17.7 Å². The van der Waals surface area contributed by atoms with Gasteiger partial charge in [-0.2, -0.15) is 36.3 Å². The van der Waals surface area contributed by atoms with Gasteiger partial charge < -0.3 is 22.9 Å². The van der Waals surface area contributed by atoms with E-state index in [0.29, 0.717) is 24.2 Å². The Morgan fingerprint density at radius 3 is 1.88 bits per heavy atom. The minimum atomic E-state index is -4.90. The van der Waals surface area contributed by atoms with Crippen LogP contribution in [0.5, 0.6) is 5.75 Å². The molecule has 0 saturated heterocycles. The first-order valence-electron chi connectivity index (χ1n) is 15.2. The summed E-state index contributed by atoms with van der Waals surface area (Å²) in [6.07, 6.45) is -5.74. The average Bonchev–Trinajstić information content (AvgIpc) is 3.81. The van der Waals surface area contributed by atoms with E-state index >= 15 is 0 Å². The fourth-order valence-electron chi connectivity index (χ4n) is 5.74. The van der Waals surface area contributed by atoms with Gasteiger partial charge in [0, 0.05) is 35.7 Å². The molecular weight excluding hydrogens is 686 g/mol. The molecule has 0 aliphatic heterocycles. The number of pyridine rings is 2. The number of ether oxygens (including phenoxy) is 1. The summed E-state index contributed by atoms with van der Waals surface area (Å²) in [5.74, 6) is -3.61. The Kier molecular flexibility index (Phi) is 9.38. The molecule has 1 atom stereocenters. The lowest BCUT2D eigenvalue weighted by Crippen LogP contribution is -2.46. The van der Waals surface area contributed by atoms with Crippen LogP contribution in [0.4, 0.5) is 26.3 Å². The molecule has 0 bridgehead atoms. The van der Waals surface area contributed by atoms with Crippen molar-refractivity contribution in [1.29, 1.82) is 0 Å². The summed E-state index contributed by atoms with van der Waals surface area (Å²) in [6.45, 7) is -0.173. The Hall–Kier alpha value is -6.00. The molecule has 0 fully saturated rings. The monoisotopic (exact) mass is 712 g/mol. The van der Waals surface area contributed by atoms with Crippen LogP contribution in [0.3, 0.4) is 0 Å². The number of hydrogen-bond donors (Lipinski definition) is 0. The Morgan fingerprint density at radius 2 is 1.33 bits per heavy atom. The van der Waals surface area contributed by atoms with Crippen molar-refractivity contribution < 1.29 is 40.1 Å². The lowest BCUT2D eigenvalue weighted by atomic mass is 9.83. The predicted octanol–water partition coefficient (Wildman–Crippen LogP) is 6.62. The summed E-state index contributed by atoms with van der Waals surface area (Å²) in [5, 5.41) is 6.73. The standard InChI is InChI=1S/C34H26F6N6O5/c1-49-25-11-5-10-24(19-25)32(14-6-9-21-7-3-2-4-8-21,46-16-13-23(18-27(46)48)29-42-31(51-44-29)34(38,39)40)20-45-15-12-22(17-26(45)47)28-41-30(50-43-28)33(35,36)37/h2-5,7-8,10-13,15-19H,6,9,14,20H2,1H3. The molecule has 0 amide bonds. The molecule has 0 aliphatic rings. The number of nitrogens with zero attached hydrogens (tertiary/aromatic N) is 6. The first-order valence-corrected chi connectivity index (χ1v) is 15.2. The number of aryl methyl sites for hydroxylation is 1. The van der Waals surface area contributed by atoms with Crippen molar-refractivity contribution in [2.24, 2.45) is 0 Å². The Balaban J connectivity index is 1.47. The molecule has 4 heterocycles. The van der Waals surface area contributed by atoms with Gasteiger partial charge in [0.2, 0.25) is 11.6 Å². The molecule has 6 rings (SSSR count). The van der Waals surface area contributed by atoms with Gasteiger partial charge in [0.15, 0.2) is 0 Å². The molecular formula is C34H26F6N6O5. The third-order valence-electron chi connectivity index (χ3n) is 8.17. The van der Waals surface area contributed by atoms with Crippen molar-refractivity contribution in [3.63, 3.8) is 0 Å². The van der Waals surface area contributed by atoms with Gasteiger partial charge in [-0.05, 0) is 54.7 Å². The molecule has 264 valence electrons. The van der Waals surface area contributed by atoms with Crippen molar-refractivity contribution >= 4 is 0 Å². The lowest BCUT2D eigenvalue weighted by molar-refractivity contribution is -0.160. The van der Waals surface area contributed by atoms with E-state index in [9.17, 15) is 35.9 Å². The Bertz CT molecular complexity index is 2260. The van der Waals surface area contributed by atoms with Gasteiger partial charge >= 0.3 is 24.1 Å². The quantitative estimate of drug-likeness (QED) is 0.136. The maximum Gasteiger partial charge on any atom is 0.471 e. The Labute approximate surface area is 283 Å². The largest absolute Gasteiger partial charge is 0.497 e. The number of alkyl halides is 6. The third kappa shape index (κ3) is 7.46. The summed E-state index contributed by atoms with van der Waals surface area (Å²) < 4.78 is 95.5. The molecule has 17 heteroatoms. The first kappa shape index (κ1) is 34.8. The number of aromatic nitrogens is 6. The summed E-state index contributed by atoms with van der Waals surface area (Å²) in [6, 6.07) is 21.2. The molecule has 4 aromatic heterocycles. The van der Waals surface area contributed by atoms with Crippen LogP contribution in [0.2, 0.25) is 0 Å². The van der Waals surface area contributed by atoms with Crippen LogP contribution < -0.4 is 15.9 Å². The molecule has 0 N–H and O–H groups in total. The fraction of sp³-hybridized carbons (Fsp3) is 0.235. The smallest absolute Gasteiger partial charge is 0.471 e. The predicted molar refractivity (Wildman–Crippen MR) is 167 cm³/mol. The number of halogens is 6. The van der Waals surface area contributed by atoms with Crippen LogP contribution in [-0.2, 0) is 30.9 Å². The molecule has 51 heavy (non-hydrogen) atoms. The maximum atomic E-state index is 14.0. The summed E-state index contributed by atoms with van der Waals surface area (Å²) in [7, 11) is 1.46. The molecule has 0 radical (unpaired) electrons. The van der Waals surface area contributed by atoms with Gasteiger partial charge in [-0.15, -0.1) is 0 Å². The topological polar surface area (TPSA) is 131 Å². The molecule has 11 nitrogen and oxygen atoms in total. The van der Waals surface area contributed by atoms with E-state index in [1.165, 1.54) is 40.8 Å². The van der Waals surface area contributed by atoms with Crippen molar-refractivity contribution in [3.05, 3.63) is 135 Å². The van der Waals surface area contributed by atoms with E-state index in [4.69, 9.17) is 4.74 Å². The minimum Gasteiger partial charge on any atom is -0.497 e. The molecule has 0 spiro atoms. The lowest BCUT2D eigenvalue weighted by Gasteiger charge is -2.37. The third-order valence-corrected chi connectivity index (χ3v) is 8.17. The van der Waals surface area contributed by atoms with Crippen molar-refractivity contribution in [1.82, 2.24) is 29.4 Å². The summed E-state index contributed by atoms with van der Waals surface area (Å²) in [4.78, 5) is 34.4. The SMILES string of the molecule is COc1cccc(C(CCCc2ccccc2)(Cn2ccc(-c3noc(C(F)(F)F)n3)cc2=O)n2ccc(-c3noc(C(F)(F)F)n3)cc2=O)c1. The van der Waals surface area contributed by atoms with Crippen LogP contribution >= 0.6 is 0 Å². The highest BCUT2D eigenvalue weighted by molar-refractivity contribution is 5.54. The number of benzene rings is 2. The summed E-state index contributed by atoms with van der Waals surface area (Å²) >= 11 is 0. The highest BCUT2D eigenvalue weighted by Gasteiger charge is 2.40. The summed E-state index contributed by atoms with van der Waals surface area (Å²) in [5.41, 5.74) is -1.17. The van der Waals surface area contributed by atoms with Gasteiger partial charge in [-0.1, -0.05) is 52.8 Å². The number of hydrogen-bond acceptors (Lipinski definition) is 9. The van der Waals surface area contributed by atoms with Crippen molar-refractivity contribution in [2.45, 2.75) is 43.7 Å². The molecule has 6 aromatic rings. The molecule has 1 unspecified atom stereocenters. The molecule has 2 aromatic carbocycles. The van der Waals surface area contributed by atoms with E-state index in [1.54, 1.807) is 24.3 Å². The zero-order valence-electron chi connectivity index (χ0n) is 26.5. The minimum absolute atomic E-state index is 0.0357. The van der Waals surface area contributed by atoms with E-state index in [-0.39, 0.29) is 24.1 Å². The second-order valence-corrected chi connectivity index (χ2v) is 11.4. The highest BCUT2D eigenvalue weighted by Crippen LogP contribution is 2.36. The Morgan fingerprint density at radius 1 is 0.725 bits per heavy atom. The average molecular weight is 713 g/mol. The second kappa shape index (κ2) is 13.7. The molecule has 0 aliphatic carbocycles. The number of methoxy groups -OCH3 is 1. The van der Waals surface area contributed by atoms with Gasteiger partial charge in [0.25, 0.3) is 11.1 Å². The normalized spacial score (nSPS) is 13.2. The second-order valence-electron chi connectivity index (χ2n) is 11.4. The van der Waals surface area contributed by atoms with Crippen molar-refractivity contribution in [2.75, 3.05) is 7.11 Å². The van der Waals surface area contributed by atoms with Gasteiger partial charge in [0.1, 0.15) is 5.75 Å². The van der Waals surface area contributed by atoms with Crippen molar-refractivity contribution in [3.8, 4) is 28.5 Å². The zero-order chi connectivity index (χ0) is 36.4. The van der Waals surface area contributed by atoms with Crippen LogP contribution in [0.25, 0.3) is 22.8 Å². The first-order chi connectivity index (χ1) is 24.3. The van der Waals surface area contributed by atoms with Crippen LogP contribution in [0, 0.1) is 0 Å². The number of rotatable bonds is 11. The van der Waals surface area contributed by atoms with Crippen LogP contribution in [0.15, 0.2) is 110 Å². The van der Waals surface area contributed by atoms with E-state index in [2.05, 4.69) is 29.3 Å². The highest BCUT2D eigenvalue weighted by atomic mass is 19.4. The van der Waals surface area contributed by atoms with E-state index in [1.807, 2.05) is 30.3 Å².